The van der Waals surface area contributed by atoms with Gasteiger partial charge >= 0.3 is 0 Å². The lowest BCUT2D eigenvalue weighted by Crippen LogP contribution is -2.43. The van der Waals surface area contributed by atoms with E-state index in [1.165, 1.54) is 0 Å². The van der Waals surface area contributed by atoms with Crippen LogP contribution in [0.25, 0.3) is 0 Å². The SMILES string of the molecule is C=CC[C@@H]1OC(C)(C)O[C@@H]1C(C#CC[C@@H](C)O[Si](C)(C)C(C)(C)C)OCOC. The van der Waals surface area contributed by atoms with Gasteiger partial charge in [-0.05, 0) is 45.3 Å². The first-order valence-electron chi connectivity index (χ1n) is 10.1. The van der Waals surface area contributed by atoms with Crippen molar-refractivity contribution in [3.63, 3.8) is 0 Å². The summed E-state index contributed by atoms with van der Waals surface area (Å²) in [4.78, 5) is 0. The minimum atomic E-state index is -1.81. The third-order valence-corrected chi connectivity index (χ3v) is 9.82. The molecule has 1 rings (SSSR count). The third-order valence-electron chi connectivity index (χ3n) is 5.22. The van der Waals surface area contributed by atoms with Gasteiger partial charge in [0.15, 0.2) is 14.1 Å². The zero-order valence-corrected chi connectivity index (χ0v) is 20.3. The standard InChI is InChI=1S/C22H40O5Si/c1-11-13-19-20(26-22(6,7)25-19)18(24-16-23-8)15-12-14-17(2)27-28(9,10)21(3,4)5/h11,17-20H,1,13-14,16H2,2-10H3/t17-,18?,19+,20-/m1/s1. The van der Waals surface area contributed by atoms with Crippen molar-refractivity contribution in [1.82, 2.24) is 0 Å². The smallest absolute Gasteiger partial charge is 0.192 e. The molecule has 1 saturated heterocycles. The van der Waals surface area contributed by atoms with Gasteiger partial charge in [-0.3, -0.25) is 0 Å². The lowest BCUT2D eigenvalue weighted by atomic mass is 10.1. The Labute approximate surface area is 173 Å². The summed E-state index contributed by atoms with van der Waals surface area (Å²) in [6, 6.07) is 0. The second-order valence-corrected chi connectivity index (χ2v) is 14.1. The van der Waals surface area contributed by atoms with Gasteiger partial charge in [-0.2, -0.15) is 0 Å². The molecule has 5 nitrogen and oxygen atoms in total. The van der Waals surface area contributed by atoms with E-state index >= 15 is 0 Å². The van der Waals surface area contributed by atoms with Crippen molar-refractivity contribution in [3.05, 3.63) is 12.7 Å². The molecule has 0 radical (unpaired) electrons. The summed E-state index contributed by atoms with van der Waals surface area (Å²) in [6.07, 6.45) is 2.33. The maximum absolute atomic E-state index is 6.39. The molecule has 1 heterocycles. The molecule has 0 bridgehead atoms. The fourth-order valence-corrected chi connectivity index (χ4v) is 4.29. The summed E-state index contributed by atoms with van der Waals surface area (Å²) < 4.78 is 29.4. The van der Waals surface area contributed by atoms with E-state index in [9.17, 15) is 0 Å². The quantitative estimate of drug-likeness (QED) is 0.234. The first-order chi connectivity index (χ1) is 12.8. The molecule has 0 aromatic carbocycles. The van der Waals surface area contributed by atoms with Crippen molar-refractivity contribution in [2.75, 3.05) is 13.9 Å². The second-order valence-electron chi connectivity index (χ2n) is 9.37. The molecule has 0 aliphatic carbocycles. The van der Waals surface area contributed by atoms with Crippen LogP contribution in [0.2, 0.25) is 18.1 Å². The van der Waals surface area contributed by atoms with E-state index in [-0.39, 0.29) is 30.1 Å². The van der Waals surface area contributed by atoms with Crippen LogP contribution in [0.1, 0.15) is 54.4 Å². The molecular weight excluding hydrogens is 372 g/mol. The first kappa shape index (κ1) is 25.4. The van der Waals surface area contributed by atoms with E-state index in [1.54, 1.807) is 7.11 Å². The Morgan fingerprint density at radius 2 is 1.89 bits per heavy atom. The highest BCUT2D eigenvalue weighted by atomic mass is 28.4. The van der Waals surface area contributed by atoms with Gasteiger partial charge in [0.2, 0.25) is 0 Å². The lowest BCUT2D eigenvalue weighted by molar-refractivity contribution is -0.162. The zero-order valence-electron chi connectivity index (χ0n) is 19.3. The number of methoxy groups -OCH3 is 1. The Hall–Kier alpha value is -0.683. The fraction of sp³-hybridized carbons (Fsp3) is 0.818. The van der Waals surface area contributed by atoms with E-state index < -0.39 is 20.2 Å². The van der Waals surface area contributed by atoms with Crippen molar-refractivity contribution >= 4 is 8.32 Å². The Bertz CT molecular complexity index is 555. The average Bonchev–Trinajstić information content (AvgIpc) is 2.84. The number of hydrogen-bond donors (Lipinski definition) is 0. The van der Waals surface area contributed by atoms with Crippen molar-refractivity contribution in [2.24, 2.45) is 0 Å². The predicted molar refractivity (Wildman–Crippen MR) is 116 cm³/mol. The van der Waals surface area contributed by atoms with Gasteiger partial charge < -0.3 is 23.4 Å². The highest BCUT2D eigenvalue weighted by Crippen LogP contribution is 2.37. The van der Waals surface area contributed by atoms with Crippen LogP contribution in [0.3, 0.4) is 0 Å². The van der Waals surface area contributed by atoms with Gasteiger partial charge in [0.25, 0.3) is 0 Å². The maximum atomic E-state index is 6.39. The van der Waals surface area contributed by atoms with Crippen LogP contribution in [-0.2, 0) is 23.4 Å². The van der Waals surface area contributed by atoms with Gasteiger partial charge in [0.1, 0.15) is 19.0 Å². The minimum absolute atomic E-state index is 0.0672. The van der Waals surface area contributed by atoms with Gasteiger partial charge in [-0.25, -0.2) is 0 Å². The molecule has 28 heavy (non-hydrogen) atoms. The maximum Gasteiger partial charge on any atom is 0.192 e. The zero-order chi connectivity index (χ0) is 21.6. The Morgan fingerprint density at radius 3 is 2.43 bits per heavy atom. The molecule has 1 aliphatic heterocycles. The Balaban J connectivity index is 2.83. The molecule has 1 fully saturated rings. The molecule has 1 aliphatic rings. The van der Waals surface area contributed by atoms with Crippen molar-refractivity contribution in [1.29, 1.82) is 0 Å². The number of hydrogen-bond acceptors (Lipinski definition) is 5. The molecule has 162 valence electrons. The van der Waals surface area contributed by atoms with Crippen LogP contribution >= 0.6 is 0 Å². The molecule has 0 aromatic rings. The summed E-state index contributed by atoms with van der Waals surface area (Å²) in [6.45, 7) is 21.1. The molecule has 6 heteroatoms. The summed E-state index contributed by atoms with van der Waals surface area (Å²) in [7, 11) is -0.213. The van der Waals surface area contributed by atoms with E-state index in [1.807, 2.05) is 19.9 Å². The highest BCUT2D eigenvalue weighted by Gasteiger charge is 2.44. The van der Waals surface area contributed by atoms with Gasteiger partial charge in [-0.15, -0.1) is 6.58 Å². The Morgan fingerprint density at radius 1 is 1.25 bits per heavy atom. The van der Waals surface area contributed by atoms with Crippen LogP contribution in [0.4, 0.5) is 0 Å². The third kappa shape index (κ3) is 7.62. The van der Waals surface area contributed by atoms with E-state index in [0.29, 0.717) is 12.8 Å². The van der Waals surface area contributed by atoms with E-state index in [2.05, 4.69) is 59.2 Å². The van der Waals surface area contributed by atoms with Crippen LogP contribution in [0.5, 0.6) is 0 Å². The van der Waals surface area contributed by atoms with E-state index in [4.69, 9.17) is 23.4 Å². The van der Waals surface area contributed by atoms with Crippen molar-refractivity contribution in [2.45, 2.75) is 103 Å². The van der Waals surface area contributed by atoms with E-state index in [0.717, 1.165) is 0 Å². The summed E-state index contributed by atoms with van der Waals surface area (Å²) in [5.41, 5.74) is 0. The average molecular weight is 413 g/mol. The second kappa shape index (κ2) is 10.4. The molecule has 4 atom stereocenters. The molecule has 0 amide bonds. The molecule has 0 spiro atoms. The molecule has 0 aromatic heterocycles. The van der Waals surface area contributed by atoms with Crippen LogP contribution in [0.15, 0.2) is 12.7 Å². The number of rotatable bonds is 9. The monoisotopic (exact) mass is 412 g/mol. The largest absolute Gasteiger partial charge is 0.413 e. The molecule has 0 N–H and O–H groups in total. The fourth-order valence-electron chi connectivity index (χ4n) is 2.85. The number of ether oxygens (including phenoxy) is 4. The highest BCUT2D eigenvalue weighted by molar-refractivity contribution is 6.74. The summed E-state index contributed by atoms with van der Waals surface area (Å²) in [5, 5.41) is 0.178. The van der Waals surface area contributed by atoms with Crippen molar-refractivity contribution in [3.8, 4) is 11.8 Å². The van der Waals surface area contributed by atoms with Gasteiger partial charge in [0, 0.05) is 13.5 Å². The predicted octanol–water partition coefficient (Wildman–Crippen LogP) is 4.88. The van der Waals surface area contributed by atoms with Crippen molar-refractivity contribution < 1.29 is 23.4 Å². The minimum Gasteiger partial charge on any atom is -0.413 e. The van der Waals surface area contributed by atoms with Crippen LogP contribution in [-0.4, -0.2) is 52.4 Å². The van der Waals surface area contributed by atoms with Crippen LogP contribution < -0.4 is 0 Å². The van der Waals surface area contributed by atoms with Gasteiger partial charge in [-0.1, -0.05) is 38.7 Å². The normalized spacial score (nSPS) is 24.3. The molecular formula is C22H40O5Si. The molecule has 1 unspecified atom stereocenters. The first-order valence-corrected chi connectivity index (χ1v) is 13.0. The summed E-state index contributed by atoms with van der Waals surface area (Å²) in [5.74, 6) is 5.79. The lowest BCUT2D eigenvalue weighted by Gasteiger charge is -2.38. The topological polar surface area (TPSA) is 46.2 Å². The Kier molecular flexibility index (Phi) is 9.40. The van der Waals surface area contributed by atoms with Gasteiger partial charge in [0.05, 0.1) is 12.2 Å². The summed E-state index contributed by atoms with van der Waals surface area (Å²) >= 11 is 0. The van der Waals surface area contributed by atoms with Crippen LogP contribution in [0, 0.1) is 11.8 Å². The molecule has 0 saturated carbocycles.